The first-order chi connectivity index (χ1) is 26.6. The molecule has 0 bridgehead atoms. The van der Waals surface area contributed by atoms with Crippen molar-refractivity contribution in [1.82, 2.24) is 0 Å². The van der Waals surface area contributed by atoms with Gasteiger partial charge in [-0.25, -0.2) is 4.79 Å². The SMILES string of the molecule is CCCCCCCCCCCCCCCCCCOC(C)c1ccc(-c2ccc(C(=O)Oc3ccccc3C(CCC)CCCCCCCC)cc2)cc1. The molecule has 0 amide bonds. The molecule has 3 rings (SSSR count). The molecule has 0 spiro atoms. The Balaban J connectivity index is 1.34. The van der Waals surface area contributed by atoms with E-state index in [-0.39, 0.29) is 12.1 Å². The third-order valence-corrected chi connectivity index (χ3v) is 11.3. The molecule has 3 aromatic carbocycles. The fraction of sp³-hybridized carbons (Fsp3) is 0.627. The zero-order valence-corrected chi connectivity index (χ0v) is 35.2. The van der Waals surface area contributed by atoms with Crippen LogP contribution in [0.15, 0.2) is 72.8 Å². The van der Waals surface area contributed by atoms with Crippen molar-refractivity contribution < 1.29 is 14.3 Å². The number of para-hydroxylation sites is 1. The molecule has 0 saturated carbocycles. The molecule has 2 unspecified atom stereocenters. The monoisotopic (exact) mass is 739 g/mol. The molecule has 0 aromatic heterocycles. The van der Waals surface area contributed by atoms with Gasteiger partial charge >= 0.3 is 5.97 Å². The van der Waals surface area contributed by atoms with E-state index < -0.39 is 0 Å². The number of unbranched alkanes of at least 4 members (excludes halogenated alkanes) is 20. The molecule has 0 aliphatic heterocycles. The van der Waals surface area contributed by atoms with Gasteiger partial charge in [-0.1, -0.05) is 217 Å². The molecule has 0 fully saturated rings. The molecule has 3 nitrogen and oxygen atoms in total. The second kappa shape index (κ2) is 29.4. The minimum atomic E-state index is -0.297. The van der Waals surface area contributed by atoms with Crippen molar-refractivity contribution in [3.63, 3.8) is 0 Å². The molecule has 0 N–H and O–H groups in total. The zero-order valence-electron chi connectivity index (χ0n) is 35.2. The van der Waals surface area contributed by atoms with Gasteiger partial charge in [-0.2, -0.15) is 0 Å². The number of ether oxygens (including phenoxy) is 2. The van der Waals surface area contributed by atoms with Gasteiger partial charge in [0, 0.05) is 6.61 Å². The maximum atomic E-state index is 13.3. The number of carbonyl (C=O) groups is 1. The first kappa shape index (κ1) is 45.5. The van der Waals surface area contributed by atoms with Crippen LogP contribution in [0.2, 0.25) is 0 Å². The van der Waals surface area contributed by atoms with E-state index in [9.17, 15) is 4.79 Å². The average Bonchev–Trinajstić information content (AvgIpc) is 3.20. The number of rotatable bonds is 32. The molecule has 2 atom stereocenters. The second-order valence-electron chi connectivity index (χ2n) is 16.0. The highest BCUT2D eigenvalue weighted by atomic mass is 16.5. The Kier molecular flexibility index (Phi) is 24.8. The zero-order chi connectivity index (χ0) is 38.5. The van der Waals surface area contributed by atoms with Crippen molar-refractivity contribution in [1.29, 1.82) is 0 Å². The van der Waals surface area contributed by atoms with Crippen molar-refractivity contribution in [3.05, 3.63) is 89.5 Å². The fourth-order valence-electron chi connectivity index (χ4n) is 7.80. The van der Waals surface area contributed by atoms with Gasteiger partial charge < -0.3 is 9.47 Å². The Morgan fingerprint density at radius 1 is 0.500 bits per heavy atom. The lowest BCUT2D eigenvalue weighted by molar-refractivity contribution is 0.0627. The topological polar surface area (TPSA) is 35.5 Å². The van der Waals surface area contributed by atoms with E-state index in [2.05, 4.69) is 64.1 Å². The molecule has 0 aliphatic rings. The summed E-state index contributed by atoms with van der Waals surface area (Å²) in [6.45, 7) is 9.78. The molecule has 0 aliphatic carbocycles. The van der Waals surface area contributed by atoms with Crippen molar-refractivity contribution in [2.24, 2.45) is 0 Å². The summed E-state index contributed by atoms with van der Waals surface area (Å²) in [7, 11) is 0. The summed E-state index contributed by atoms with van der Waals surface area (Å²) in [5, 5.41) is 0. The highest BCUT2D eigenvalue weighted by Gasteiger charge is 2.18. The van der Waals surface area contributed by atoms with Gasteiger partial charge in [-0.3, -0.25) is 0 Å². The van der Waals surface area contributed by atoms with Crippen molar-refractivity contribution in [3.8, 4) is 16.9 Å². The van der Waals surface area contributed by atoms with Crippen molar-refractivity contribution in [2.45, 2.75) is 200 Å². The molecule has 300 valence electrons. The maximum absolute atomic E-state index is 13.3. The quantitative estimate of drug-likeness (QED) is 0.0363. The summed E-state index contributed by atoms with van der Waals surface area (Å²) in [6.07, 6.45) is 33.4. The third kappa shape index (κ3) is 18.6. The summed E-state index contributed by atoms with van der Waals surface area (Å²) >= 11 is 0. The Morgan fingerprint density at radius 2 is 0.963 bits per heavy atom. The van der Waals surface area contributed by atoms with Crippen LogP contribution in [-0.4, -0.2) is 12.6 Å². The van der Waals surface area contributed by atoms with Crippen molar-refractivity contribution >= 4 is 5.97 Å². The number of benzene rings is 3. The summed E-state index contributed by atoms with van der Waals surface area (Å²) in [4.78, 5) is 13.3. The van der Waals surface area contributed by atoms with Crippen LogP contribution < -0.4 is 4.74 Å². The molecular formula is C51H78O3. The lowest BCUT2D eigenvalue weighted by atomic mass is 9.88. The number of carbonyl (C=O) groups excluding carboxylic acids is 1. The Labute approximate surface area is 332 Å². The predicted octanol–water partition coefficient (Wildman–Crippen LogP) is 16.5. The van der Waals surface area contributed by atoms with Gasteiger partial charge in [0.25, 0.3) is 0 Å². The van der Waals surface area contributed by atoms with E-state index in [1.165, 1.54) is 146 Å². The first-order valence-corrected chi connectivity index (χ1v) is 22.7. The van der Waals surface area contributed by atoms with E-state index in [0.717, 1.165) is 43.4 Å². The number of esters is 1. The van der Waals surface area contributed by atoms with Crippen LogP contribution in [0.4, 0.5) is 0 Å². The molecule has 0 radical (unpaired) electrons. The molecule has 0 saturated heterocycles. The standard InChI is InChI=1S/C51H78O3/c1-5-8-10-12-14-15-16-17-18-19-20-21-22-23-25-29-42-53-43(4)44-34-36-45(37-35-44)46-38-40-48(41-39-46)51(52)54-50-33-28-27-32-49(50)47(30-7-3)31-26-24-13-11-9-6-2/h27-28,32-41,43,47H,5-26,29-31,42H2,1-4H3. The van der Waals surface area contributed by atoms with E-state index in [4.69, 9.17) is 9.47 Å². The smallest absolute Gasteiger partial charge is 0.343 e. The van der Waals surface area contributed by atoms with Gasteiger partial charge in [0.15, 0.2) is 0 Å². The van der Waals surface area contributed by atoms with Crippen LogP contribution in [0.1, 0.15) is 222 Å². The second-order valence-corrected chi connectivity index (χ2v) is 16.0. The number of hydrogen-bond acceptors (Lipinski definition) is 3. The van der Waals surface area contributed by atoms with E-state index in [1.807, 2.05) is 36.4 Å². The summed E-state index contributed by atoms with van der Waals surface area (Å²) in [5.74, 6) is 0.828. The molecule has 3 heteroatoms. The normalized spacial score (nSPS) is 12.5. The third-order valence-electron chi connectivity index (χ3n) is 11.3. The van der Waals surface area contributed by atoms with E-state index in [0.29, 0.717) is 17.2 Å². The first-order valence-electron chi connectivity index (χ1n) is 22.7. The van der Waals surface area contributed by atoms with Crippen LogP contribution in [0.5, 0.6) is 5.75 Å². The highest BCUT2D eigenvalue weighted by Crippen LogP contribution is 2.35. The summed E-state index contributed by atoms with van der Waals surface area (Å²) in [5.41, 5.74) is 5.16. The maximum Gasteiger partial charge on any atom is 0.343 e. The van der Waals surface area contributed by atoms with Gasteiger partial charge in [-0.05, 0) is 72.6 Å². The van der Waals surface area contributed by atoms with Gasteiger partial charge in [0.1, 0.15) is 5.75 Å². The van der Waals surface area contributed by atoms with Crippen molar-refractivity contribution in [2.75, 3.05) is 6.61 Å². The summed E-state index contributed by atoms with van der Waals surface area (Å²) < 4.78 is 12.3. The molecule has 0 heterocycles. The number of hydrogen-bond donors (Lipinski definition) is 0. The van der Waals surface area contributed by atoms with E-state index >= 15 is 0 Å². The highest BCUT2D eigenvalue weighted by molar-refractivity contribution is 5.91. The minimum Gasteiger partial charge on any atom is -0.423 e. The molecular weight excluding hydrogens is 661 g/mol. The molecule has 54 heavy (non-hydrogen) atoms. The largest absolute Gasteiger partial charge is 0.423 e. The van der Waals surface area contributed by atoms with Crippen LogP contribution in [0.25, 0.3) is 11.1 Å². The van der Waals surface area contributed by atoms with E-state index in [1.54, 1.807) is 0 Å². The molecule has 3 aromatic rings. The van der Waals surface area contributed by atoms with Crippen LogP contribution in [-0.2, 0) is 4.74 Å². The lowest BCUT2D eigenvalue weighted by Crippen LogP contribution is -2.11. The van der Waals surface area contributed by atoms with Crippen LogP contribution in [0, 0.1) is 0 Å². The Bertz CT molecular complexity index is 1340. The minimum absolute atomic E-state index is 0.0816. The van der Waals surface area contributed by atoms with Gasteiger partial charge in [-0.15, -0.1) is 0 Å². The van der Waals surface area contributed by atoms with Gasteiger partial charge in [0.05, 0.1) is 11.7 Å². The Hall–Kier alpha value is -2.91. The lowest BCUT2D eigenvalue weighted by Gasteiger charge is -2.20. The Morgan fingerprint density at radius 3 is 1.48 bits per heavy atom. The summed E-state index contributed by atoms with van der Waals surface area (Å²) in [6, 6.07) is 24.6. The van der Waals surface area contributed by atoms with Crippen LogP contribution in [0.3, 0.4) is 0 Å². The predicted molar refractivity (Wildman–Crippen MR) is 233 cm³/mol. The van der Waals surface area contributed by atoms with Gasteiger partial charge in [0.2, 0.25) is 0 Å². The average molecular weight is 739 g/mol. The van der Waals surface area contributed by atoms with Crippen LogP contribution >= 0.6 is 0 Å². The fourth-order valence-corrected chi connectivity index (χ4v) is 7.80.